The molecule has 0 aromatic carbocycles. The number of rotatable bonds is 9. The van der Waals surface area contributed by atoms with Crippen molar-refractivity contribution in [1.82, 2.24) is 0 Å². The molecule has 0 heterocycles. The molecule has 4 fully saturated rings. The van der Waals surface area contributed by atoms with Crippen LogP contribution in [-0.4, -0.2) is 57.1 Å². The Morgan fingerprint density at radius 1 is 0.927 bits per heavy atom. The lowest BCUT2D eigenvalue weighted by molar-refractivity contribution is -0.209. The van der Waals surface area contributed by atoms with E-state index in [1.54, 1.807) is 0 Å². The second-order valence-corrected chi connectivity index (χ2v) is 15.3. The topological polar surface area (TPSA) is 130 Å². The number of carboxylic acid groups (broad SMARTS) is 1. The molecule has 0 unspecified atom stereocenters. The van der Waals surface area contributed by atoms with Crippen LogP contribution in [0.5, 0.6) is 0 Å². The van der Waals surface area contributed by atoms with E-state index in [9.17, 15) is 24.6 Å². The van der Waals surface area contributed by atoms with E-state index in [2.05, 4.69) is 20.8 Å². The van der Waals surface area contributed by atoms with Gasteiger partial charge in [0.05, 0.1) is 12.2 Å². The molecule has 4 aliphatic rings. The van der Waals surface area contributed by atoms with E-state index in [1.165, 1.54) is 0 Å². The Balaban J connectivity index is 1.41. The molecule has 0 aromatic heterocycles. The summed E-state index contributed by atoms with van der Waals surface area (Å²) in [4.78, 5) is 35.5. The van der Waals surface area contributed by atoms with Crippen LogP contribution < -0.4 is 0 Å². The standard InChI is InChI=1S/C33H54O8/c1-19(10-13-29(39)41-31(2,3)4)22-11-12-23-30-24(18-26(35)33(22,23)6)32(5)15-14-21(16-20(32)17-25(30)34)40-28(38)9-7-8-27(36)37/h19-26,30,34-35H,7-18H2,1-6H3,(H,36,37)/t19-,20+,21-,22-,23+,24+,25-,26+,30+,32+,33-/m1/s1. The van der Waals surface area contributed by atoms with E-state index < -0.39 is 23.8 Å². The molecule has 4 aliphatic carbocycles. The summed E-state index contributed by atoms with van der Waals surface area (Å²) in [6.45, 7) is 12.4. The number of fused-ring (bicyclic) bond motifs is 5. The molecule has 0 saturated heterocycles. The maximum absolute atomic E-state index is 12.4. The molecule has 234 valence electrons. The summed E-state index contributed by atoms with van der Waals surface area (Å²) in [7, 11) is 0. The summed E-state index contributed by atoms with van der Waals surface area (Å²) in [5.74, 6) is -0.0454. The van der Waals surface area contributed by atoms with Crippen LogP contribution in [0.25, 0.3) is 0 Å². The molecule has 0 amide bonds. The van der Waals surface area contributed by atoms with Gasteiger partial charge in [-0.05, 0) is 125 Å². The highest BCUT2D eigenvalue weighted by Gasteiger charge is 2.65. The molecule has 4 rings (SSSR count). The van der Waals surface area contributed by atoms with Gasteiger partial charge in [-0.25, -0.2) is 0 Å². The zero-order chi connectivity index (χ0) is 30.3. The molecule has 41 heavy (non-hydrogen) atoms. The fourth-order valence-corrected chi connectivity index (χ4v) is 9.79. The van der Waals surface area contributed by atoms with E-state index in [0.29, 0.717) is 31.6 Å². The fraction of sp³-hybridized carbons (Fsp3) is 0.909. The molecule has 3 N–H and O–H groups in total. The van der Waals surface area contributed by atoms with Gasteiger partial charge in [0.15, 0.2) is 0 Å². The first-order valence-corrected chi connectivity index (χ1v) is 16.1. The maximum Gasteiger partial charge on any atom is 0.306 e. The van der Waals surface area contributed by atoms with Gasteiger partial charge in [-0.15, -0.1) is 0 Å². The highest BCUT2D eigenvalue weighted by molar-refractivity contribution is 5.71. The first kappa shape index (κ1) is 32.2. The quantitative estimate of drug-likeness (QED) is 0.305. The largest absolute Gasteiger partial charge is 0.481 e. The third kappa shape index (κ3) is 6.63. The van der Waals surface area contributed by atoms with Crippen LogP contribution in [0.15, 0.2) is 0 Å². The molecule has 0 aromatic rings. The van der Waals surface area contributed by atoms with Crippen LogP contribution in [0.2, 0.25) is 0 Å². The van der Waals surface area contributed by atoms with E-state index in [4.69, 9.17) is 14.6 Å². The smallest absolute Gasteiger partial charge is 0.306 e. The average Bonchev–Trinajstić information content (AvgIpc) is 3.21. The van der Waals surface area contributed by atoms with Crippen LogP contribution in [0.3, 0.4) is 0 Å². The van der Waals surface area contributed by atoms with Gasteiger partial charge in [0.2, 0.25) is 0 Å². The minimum atomic E-state index is -0.911. The fourth-order valence-electron chi connectivity index (χ4n) is 9.79. The Morgan fingerprint density at radius 3 is 2.29 bits per heavy atom. The van der Waals surface area contributed by atoms with E-state index in [0.717, 1.165) is 32.1 Å². The summed E-state index contributed by atoms with van der Waals surface area (Å²) < 4.78 is 11.3. The Hall–Kier alpha value is -1.67. The lowest BCUT2D eigenvalue weighted by atomic mass is 9.43. The second-order valence-electron chi connectivity index (χ2n) is 15.3. The third-order valence-electron chi connectivity index (χ3n) is 11.8. The van der Waals surface area contributed by atoms with Gasteiger partial charge in [-0.3, -0.25) is 14.4 Å². The van der Waals surface area contributed by atoms with Gasteiger partial charge >= 0.3 is 17.9 Å². The van der Waals surface area contributed by atoms with Gasteiger partial charge in [-0.1, -0.05) is 20.8 Å². The molecule has 0 bridgehead atoms. The van der Waals surface area contributed by atoms with Crippen LogP contribution in [0.1, 0.15) is 119 Å². The van der Waals surface area contributed by atoms with Crippen molar-refractivity contribution in [2.75, 3.05) is 0 Å². The number of aliphatic carboxylic acids is 1. The highest BCUT2D eigenvalue weighted by Crippen LogP contribution is 2.68. The number of aliphatic hydroxyl groups is 2. The number of esters is 2. The molecule has 11 atom stereocenters. The number of ether oxygens (including phenoxy) is 2. The molecule has 0 spiro atoms. The van der Waals surface area contributed by atoms with E-state index in [1.807, 2.05) is 20.8 Å². The van der Waals surface area contributed by atoms with Crippen LogP contribution >= 0.6 is 0 Å². The lowest BCUT2D eigenvalue weighted by Gasteiger charge is -2.63. The number of carbonyl (C=O) groups excluding carboxylic acids is 2. The molecular weight excluding hydrogens is 524 g/mol. The average molecular weight is 579 g/mol. The Kier molecular flexibility index (Phi) is 9.55. The van der Waals surface area contributed by atoms with Crippen molar-refractivity contribution < 1.29 is 39.2 Å². The molecule has 4 saturated carbocycles. The number of hydrogen-bond acceptors (Lipinski definition) is 7. The molecule has 0 aliphatic heterocycles. The molecule has 8 heteroatoms. The normalized spacial score (nSPS) is 41.0. The maximum atomic E-state index is 12.4. The van der Waals surface area contributed by atoms with Crippen molar-refractivity contribution in [2.24, 2.45) is 46.3 Å². The monoisotopic (exact) mass is 578 g/mol. The Morgan fingerprint density at radius 2 is 1.63 bits per heavy atom. The van der Waals surface area contributed by atoms with Gasteiger partial charge in [-0.2, -0.15) is 0 Å². The lowest BCUT2D eigenvalue weighted by Crippen LogP contribution is -2.62. The third-order valence-corrected chi connectivity index (χ3v) is 11.8. The predicted octanol–water partition coefficient (Wildman–Crippen LogP) is 5.51. The van der Waals surface area contributed by atoms with Crippen molar-refractivity contribution in [2.45, 2.75) is 143 Å². The number of hydrogen-bond donors (Lipinski definition) is 3. The van der Waals surface area contributed by atoms with Crippen LogP contribution in [0, 0.1) is 46.3 Å². The zero-order valence-electron chi connectivity index (χ0n) is 26.1. The first-order valence-electron chi connectivity index (χ1n) is 16.1. The second kappa shape index (κ2) is 12.1. The molecule has 0 radical (unpaired) electrons. The van der Waals surface area contributed by atoms with Crippen LogP contribution in [-0.2, 0) is 23.9 Å². The molecule has 8 nitrogen and oxygen atoms in total. The van der Waals surface area contributed by atoms with Crippen molar-refractivity contribution in [3.8, 4) is 0 Å². The van der Waals surface area contributed by atoms with Gasteiger partial charge < -0.3 is 24.8 Å². The predicted molar refractivity (Wildman–Crippen MR) is 154 cm³/mol. The minimum absolute atomic E-state index is 0.0289. The SMILES string of the molecule is C[C@H](CCC(=O)OC(C)(C)C)[C@H]1CC[C@H]2[C@@H]3[C@H](O)C[C@@H]4C[C@H](OC(=O)CCCC(=O)O)CC[C@]4(C)[C@H]3C[C@H](O)[C@]12C. The number of carboxylic acids is 1. The zero-order valence-corrected chi connectivity index (χ0v) is 26.1. The Labute approximate surface area is 245 Å². The van der Waals surface area contributed by atoms with Crippen molar-refractivity contribution in [1.29, 1.82) is 0 Å². The van der Waals surface area contributed by atoms with Crippen molar-refractivity contribution >= 4 is 17.9 Å². The highest BCUT2D eigenvalue weighted by atomic mass is 16.6. The Bertz CT molecular complexity index is 973. The summed E-state index contributed by atoms with van der Waals surface area (Å²) in [6.07, 6.45) is 6.09. The van der Waals surface area contributed by atoms with Gasteiger partial charge in [0.1, 0.15) is 11.7 Å². The first-order chi connectivity index (χ1) is 19.1. The summed E-state index contributed by atoms with van der Waals surface area (Å²) in [5, 5.41) is 32.3. The minimum Gasteiger partial charge on any atom is -0.481 e. The van der Waals surface area contributed by atoms with E-state index in [-0.39, 0.29) is 77.7 Å². The summed E-state index contributed by atoms with van der Waals surface area (Å²) in [5.41, 5.74) is -0.812. The summed E-state index contributed by atoms with van der Waals surface area (Å²) in [6, 6.07) is 0. The van der Waals surface area contributed by atoms with E-state index >= 15 is 0 Å². The van der Waals surface area contributed by atoms with Crippen molar-refractivity contribution in [3.63, 3.8) is 0 Å². The van der Waals surface area contributed by atoms with Gasteiger partial charge in [0.25, 0.3) is 0 Å². The summed E-state index contributed by atoms with van der Waals surface area (Å²) >= 11 is 0. The van der Waals surface area contributed by atoms with Gasteiger partial charge in [0, 0.05) is 19.3 Å². The van der Waals surface area contributed by atoms with Crippen LogP contribution in [0.4, 0.5) is 0 Å². The number of carbonyl (C=O) groups is 3. The molecular formula is C33H54O8. The number of aliphatic hydroxyl groups excluding tert-OH is 2. The van der Waals surface area contributed by atoms with Crippen molar-refractivity contribution in [3.05, 3.63) is 0 Å².